The van der Waals surface area contributed by atoms with Gasteiger partial charge in [-0.15, -0.1) is 11.3 Å². The fourth-order valence-corrected chi connectivity index (χ4v) is 3.11. The quantitative estimate of drug-likeness (QED) is 0.756. The molecule has 2 rings (SSSR count). The monoisotopic (exact) mass is 307 g/mol. The molecule has 1 N–H and O–H groups in total. The molecule has 0 atom stereocenters. The molecule has 0 aliphatic rings. The second-order valence-corrected chi connectivity index (χ2v) is 6.49. The van der Waals surface area contributed by atoms with Crippen LogP contribution in [0, 0.1) is 19.7 Å². The Morgan fingerprint density at radius 2 is 2.10 bits per heavy atom. The van der Waals surface area contributed by atoms with Crippen LogP contribution in [0.1, 0.15) is 34.2 Å². The molecule has 0 fully saturated rings. The molecular formula is C17H22FNOS. The molecule has 0 bridgehead atoms. The first kappa shape index (κ1) is 16.0. The molecule has 0 unspecified atom stereocenters. The van der Waals surface area contributed by atoms with E-state index in [2.05, 4.69) is 25.2 Å². The zero-order chi connectivity index (χ0) is 15.2. The lowest BCUT2D eigenvalue weighted by Crippen LogP contribution is -2.12. The van der Waals surface area contributed by atoms with E-state index in [1.165, 1.54) is 9.75 Å². The van der Waals surface area contributed by atoms with Crippen molar-refractivity contribution in [2.75, 3.05) is 6.54 Å². The number of aryl methyl sites for hydroxylation is 2. The van der Waals surface area contributed by atoms with Gasteiger partial charge in [0.05, 0.1) is 0 Å². The summed E-state index contributed by atoms with van der Waals surface area (Å²) in [4.78, 5) is 2.53. The molecule has 1 aromatic heterocycles. The van der Waals surface area contributed by atoms with E-state index < -0.39 is 0 Å². The summed E-state index contributed by atoms with van der Waals surface area (Å²) < 4.78 is 19.5. The summed E-state index contributed by atoms with van der Waals surface area (Å²) in [7, 11) is 0. The maximum atomic E-state index is 13.9. The predicted octanol–water partition coefficient (Wildman–Crippen LogP) is 4.58. The topological polar surface area (TPSA) is 21.3 Å². The average Bonchev–Trinajstić information content (AvgIpc) is 2.81. The third kappa shape index (κ3) is 4.29. The molecule has 1 aromatic carbocycles. The van der Waals surface area contributed by atoms with E-state index >= 15 is 0 Å². The second kappa shape index (κ2) is 7.57. The Morgan fingerprint density at radius 1 is 1.29 bits per heavy atom. The Hall–Kier alpha value is -1.39. The summed E-state index contributed by atoms with van der Waals surface area (Å²) in [5.74, 6) is 0.0569. The molecule has 0 radical (unpaired) electrons. The standard InChI is InChI=1S/C17H22FNOS/c1-4-8-19-10-15-9-14(13(3)21-15)11-20-16-7-5-6-12(2)17(16)18/h5-7,9,19H,4,8,10-11H2,1-3H3. The fraction of sp³-hybridized carbons (Fsp3) is 0.412. The van der Waals surface area contributed by atoms with Crippen molar-refractivity contribution in [1.29, 1.82) is 0 Å². The summed E-state index contributed by atoms with van der Waals surface area (Å²) in [6.07, 6.45) is 1.13. The minimum Gasteiger partial charge on any atom is -0.486 e. The summed E-state index contributed by atoms with van der Waals surface area (Å²) in [5, 5.41) is 3.39. The number of benzene rings is 1. The van der Waals surface area contributed by atoms with Gasteiger partial charge in [0.1, 0.15) is 6.61 Å². The van der Waals surface area contributed by atoms with Crippen LogP contribution in [0.4, 0.5) is 4.39 Å². The summed E-state index contributed by atoms with van der Waals surface area (Å²) in [5.41, 5.74) is 1.74. The number of halogens is 1. The fourth-order valence-electron chi connectivity index (χ4n) is 2.09. The number of hydrogen-bond acceptors (Lipinski definition) is 3. The molecule has 21 heavy (non-hydrogen) atoms. The van der Waals surface area contributed by atoms with Crippen LogP contribution in [0.25, 0.3) is 0 Å². The van der Waals surface area contributed by atoms with Crippen LogP contribution in [0.5, 0.6) is 5.75 Å². The van der Waals surface area contributed by atoms with Gasteiger partial charge in [-0.1, -0.05) is 19.1 Å². The lowest BCUT2D eigenvalue weighted by Gasteiger charge is -2.08. The first-order chi connectivity index (χ1) is 10.1. The van der Waals surface area contributed by atoms with Crippen molar-refractivity contribution in [3.8, 4) is 5.75 Å². The number of rotatable bonds is 7. The summed E-state index contributed by atoms with van der Waals surface area (Å²) in [6, 6.07) is 7.38. The number of ether oxygens (including phenoxy) is 1. The normalized spacial score (nSPS) is 10.9. The Morgan fingerprint density at radius 3 is 2.86 bits per heavy atom. The van der Waals surface area contributed by atoms with Crippen LogP contribution in [0.3, 0.4) is 0 Å². The van der Waals surface area contributed by atoms with Gasteiger partial charge in [-0.3, -0.25) is 0 Å². The van der Waals surface area contributed by atoms with Crippen LogP contribution < -0.4 is 10.1 Å². The van der Waals surface area contributed by atoms with Gasteiger partial charge in [0.25, 0.3) is 0 Å². The van der Waals surface area contributed by atoms with Crippen LogP contribution in [-0.2, 0) is 13.2 Å². The summed E-state index contributed by atoms with van der Waals surface area (Å²) >= 11 is 1.77. The van der Waals surface area contributed by atoms with Crippen molar-refractivity contribution in [2.45, 2.75) is 40.3 Å². The van der Waals surface area contributed by atoms with Gasteiger partial charge in [0, 0.05) is 21.9 Å². The lowest BCUT2D eigenvalue weighted by atomic mass is 10.2. The molecular weight excluding hydrogens is 285 g/mol. The zero-order valence-corrected chi connectivity index (χ0v) is 13.6. The van der Waals surface area contributed by atoms with Crippen LogP contribution in [0.15, 0.2) is 24.3 Å². The van der Waals surface area contributed by atoms with Gasteiger partial charge in [0.2, 0.25) is 0 Å². The Bertz CT molecular complexity index is 594. The van der Waals surface area contributed by atoms with Gasteiger partial charge in [-0.25, -0.2) is 4.39 Å². The average molecular weight is 307 g/mol. The van der Waals surface area contributed by atoms with Crippen molar-refractivity contribution in [3.05, 3.63) is 51.0 Å². The van der Waals surface area contributed by atoms with Crippen LogP contribution >= 0.6 is 11.3 Å². The largest absolute Gasteiger partial charge is 0.486 e. The minimum absolute atomic E-state index is 0.268. The van der Waals surface area contributed by atoms with E-state index in [9.17, 15) is 4.39 Å². The van der Waals surface area contributed by atoms with Gasteiger partial charge in [-0.05, 0) is 44.5 Å². The lowest BCUT2D eigenvalue weighted by molar-refractivity contribution is 0.289. The van der Waals surface area contributed by atoms with Crippen molar-refractivity contribution in [3.63, 3.8) is 0 Å². The molecule has 2 aromatic rings. The van der Waals surface area contributed by atoms with Crippen LogP contribution in [-0.4, -0.2) is 6.54 Å². The van der Waals surface area contributed by atoms with E-state index in [4.69, 9.17) is 4.74 Å². The minimum atomic E-state index is -0.268. The number of hydrogen-bond donors (Lipinski definition) is 1. The predicted molar refractivity (Wildman–Crippen MR) is 86.5 cm³/mol. The van der Waals surface area contributed by atoms with Crippen molar-refractivity contribution >= 4 is 11.3 Å². The third-order valence-electron chi connectivity index (χ3n) is 3.34. The van der Waals surface area contributed by atoms with E-state index in [1.807, 2.05) is 6.07 Å². The van der Waals surface area contributed by atoms with E-state index in [0.29, 0.717) is 17.9 Å². The van der Waals surface area contributed by atoms with E-state index in [-0.39, 0.29) is 5.82 Å². The number of thiophene rings is 1. The van der Waals surface area contributed by atoms with Gasteiger partial charge < -0.3 is 10.1 Å². The molecule has 0 aliphatic carbocycles. The van der Waals surface area contributed by atoms with E-state index in [1.54, 1.807) is 30.4 Å². The van der Waals surface area contributed by atoms with Crippen molar-refractivity contribution in [1.82, 2.24) is 5.32 Å². The first-order valence-electron chi connectivity index (χ1n) is 7.28. The molecule has 1 heterocycles. The highest BCUT2D eigenvalue weighted by Crippen LogP contribution is 2.25. The highest BCUT2D eigenvalue weighted by atomic mass is 32.1. The molecule has 0 spiro atoms. The highest BCUT2D eigenvalue weighted by Gasteiger charge is 2.09. The van der Waals surface area contributed by atoms with Gasteiger partial charge in [-0.2, -0.15) is 0 Å². The maximum absolute atomic E-state index is 13.9. The summed E-state index contributed by atoms with van der Waals surface area (Å²) in [6.45, 7) is 8.31. The molecule has 2 nitrogen and oxygen atoms in total. The molecule has 0 saturated carbocycles. The molecule has 114 valence electrons. The smallest absolute Gasteiger partial charge is 0.167 e. The molecule has 0 amide bonds. The van der Waals surface area contributed by atoms with E-state index in [0.717, 1.165) is 25.1 Å². The zero-order valence-electron chi connectivity index (χ0n) is 12.8. The number of nitrogens with one attached hydrogen (secondary N) is 1. The van der Waals surface area contributed by atoms with Gasteiger partial charge in [0.15, 0.2) is 11.6 Å². The second-order valence-electron chi connectivity index (χ2n) is 5.15. The Labute approximate surface area is 130 Å². The maximum Gasteiger partial charge on any atom is 0.167 e. The Balaban J connectivity index is 1.98. The Kier molecular flexibility index (Phi) is 5.76. The molecule has 0 aliphatic heterocycles. The van der Waals surface area contributed by atoms with Gasteiger partial charge >= 0.3 is 0 Å². The molecule has 4 heteroatoms. The highest BCUT2D eigenvalue weighted by molar-refractivity contribution is 7.12. The first-order valence-corrected chi connectivity index (χ1v) is 8.10. The third-order valence-corrected chi connectivity index (χ3v) is 4.43. The SMILES string of the molecule is CCCNCc1cc(COc2cccc(C)c2F)c(C)s1. The van der Waals surface area contributed by atoms with Crippen molar-refractivity contribution in [2.24, 2.45) is 0 Å². The van der Waals surface area contributed by atoms with Crippen LogP contribution in [0.2, 0.25) is 0 Å². The van der Waals surface area contributed by atoms with Crippen molar-refractivity contribution < 1.29 is 9.13 Å². The molecule has 0 saturated heterocycles.